The van der Waals surface area contributed by atoms with Gasteiger partial charge in [-0.1, -0.05) is 6.92 Å². The number of aryl methyl sites for hydroxylation is 2. The van der Waals surface area contributed by atoms with Crippen molar-refractivity contribution < 1.29 is 14.5 Å². The molecule has 0 aliphatic carbocycles. The van der Waals surface area contributed by atoms with Crippen LogP contribution in [0.25, 0.3) is 0 Å². The molecule has 0 aromatic carbocycles. The van der Waals surface area contributed by atoms with Gasteiger partial charge >= 0.3 is 11.7 Å². The van der Waals surface area contributed by atoms with Crippen molar-refractivity contribution in [3.05, 3.63) is 21.5 Å². The minimum absolute atomic E-state index is 0.00435. The van der Waals surface area contributed by atoms with Crippen molar-refractivity contribution in [1.29, 1.82) is 5.26 Å². The largest absolute Gasteiger partial charge is 0.465 e. The average molecular weight is 280 g/mol. The minimum Gasteiger partial charge on any atom is -0.465 e. The molecule has 8 nitrogen and oxygen atoms in total. The summed E-state index contributed by atoms with van der Waals surface area (Å²) in [5.41, 5.74) is -0.114. The lowest BCUT2D eigenvalue weighted by molar-refractivity contribution is -0.386. The van der Waals surface area contributed by atoms with E-state index in [1.165, 1.54) is 11.6 Å². The van der Waals surface area contributed by atoms with Crippen molar-refractivity contribution in [2.45, 2.75) is 39.7 Å². The van der Waals surface area contributed by atoms with Gasteiger partial charge in [-0.2, -0.15) is 10.4 Å². The normalized spacial score (nSPS) is 11.7. The number of nitrogens with zero attached hydrogens (tertiary/aromatic N) is 4. The molecule has 1 unspecified atom stereocenters. The Hall–Kier alpha value is -2.43. The highest BCUT2D eigenvalue weighted by Crippen LogP contribution is 2.30. The summed E-state index contributed by atoms with van der Waals surface area (Å²) in [4.78, 5) is 22.3. The lowest BCUT2D eigenvalue weighted by Crippen LogP contribution is -2.19. The van der Waals surface area contributed by atoms with Crippen molar-refractivity contribution in [1.82, 2.24) is 9.78 Å². The Balaban J connectivity index is 3.42. The van der Waals surface area contributed by atoms with E-state index < -0.39 is 16.8 Å². The molecule has 0 N–H and O–H groups in total. The van der Waals surface area contributed by atoms with E-state index in [0.717, 1.165) is 0 Å². The van der Waals surface area contributed by atoms with Crippen LogP contribution in [0, 0.1) is 28.4 Å². The maximum atomic E-state index is 11.8. The van der Waals surface area contributed by atoms with E-state index in [2.05, 4.69) is 5.10 Å². The first-order valence-electron chi connectivity index (χ1n) is 6.25. The van der Waals surface area contributed by atoms with Gasteiger partial charge in [0.2, 0.25) is 0 Å². The van der Waals surface area contributed by atoms with Crippen LogP contribution >= 0.6 is 0 Å². The molecule has 0 radical (unpaired) electrons. The molecule has 0 bridgehead atoms. The molecule has 1 rings (SSSR count). The summed E-state index contributed by atoms with van der Waals surface area (Å²) in [6.07, 6.45) is 0.673. The van der Waals surface area contributed by atoms with E-state index in [-0.39, 0.29) is 23.7 Å². The molecule has 8 heteroatoms. The highest BCUT2D eigenvalue weighted by atomic mass is 16.6. The van der Waals surface area contributed by atoms with Gasteiger partial charge in [-0.05, 0) is 20.3 Å². The van der Waals surface area contributed by atoms with Gasteiger partial charge in [0.25, 0.3) is 0 Å². The number of carbonyl (C=O) groups is 1. The van der Waals surface area contributed by atoms with Gasteiger partial charge in [-0.25, -0.2) is 0 Å². The minimum atomic E-state index is -1.34. The van der Waals surface area contributed by atoms with Gasteiger partial charge in [0, 0.05) is 6.54 Å². The number of carbonyl (C=O) groups excluding carboxylic acids is 1. The van der Waals surface area contributed by atoms with Crippen LogP contribution in [0.5, 0.6) is 0 Å². The Morgan fingerprint density at radius 2 is 2.25 bits per heavy atom. The van der Waals surface area contributed by atoms with E-state index in [4.69, 9.17) is 4.74 Å². The van der Waals surface area contributed by atoms with Crippen molar-refractivity contribution in [2.75, 3.05) is 6.61 Å². The Labute approximate surface area is 116 Å². The highest BCUT2D eigenvalue weighted by molar-refractivity contribution is 5.82. The monoisotopic (exact) mass is 280 g/mol. The Morgan fingerprint density at radius 3 is 2.70 bits per heavy atom. The van der Waals surface area contributed by atoms with Crippen LogP contribution in [0.15, 0.2) is 0 Å². The van der Waals surface area contributed by atoms with E-state index in [1.807, 2.05) is 6.92 Å². The Bertz CT molecular complexity index is 559. The maximum Gasteiger partial charge on any atom is 0.329 e. The summed E-state index contributed by atoms with van der Waals surface area (Å²) >= 11 is 0. The molecule has 0 amide bonds. The molecule has 1 aromatic rings. The zero-order valence-electron chi connectivity index (χ0n) is 11.6. The van der Waals surface area contributed by atoms with Crippen molar-refractivity contribution in [3.63, 3.8) is 0 Å². The van der Waals surface area contributed by atoms with Gasteiger partial charge in [0.05, 0.1) is 17.6 Å². The van der Waals surface area contributed by atoms with E-state index in [0.29, 0.717) is 13.0 Å². The second kappa shape index (κ2) is 6.65. The molecule has 0 spiro atoms. The molecule has 0 saturated carbocycles. The third-order valence-electron chi connectivity index (χ3n) is 2.68. The van der Waals surface area contributed by atoms with Crippen LogP contribution in [-0.4, -0.2) is 27.3 Å². The van der Waals surface area contributed by atoms with Crippen LogP contribution in [0.3, 0.4) is 0 Å². The average Bonchev–Trinajstić information content (AvgIpc) is 2.68. The SMILES string of the molecule is CCCn1nc(C)c([N+](=O)[O-])c1C(C#N)C(=O)OCC. The number of hydrogen-bond acceptors (Lipinski definition) is 6. The maximum absolute atomic E-state index is 11.8. The second-order valence-corrected chi connectivity index (χ2v) is 4.11. The van der Waals surface area contributed by atoms with Gasteiger partial charge in [0.1, 0.15) is 11.4 Å². The molecule has 0 fully saturated rings. The topological polar surface area (TPSA) is 111 Å². The number of nitriles is 1. The molecule has 1 heterocycles. The highest BCUT2D eigenvalue weighted by Gasteiger charge is 2.36. The van der Waals surface area contributed by atoms with E-state index in [1.54, 1.807) is 13.0 Å². The molecular formula is C12H16N4O4. The molecule has 20 heavy (non-hydrogen) atoms. The number of esters is 1. The van der Waals surface area contributed by atoms with Crippen LogP contribution in [-0.2, 0) is 16.1 Å². The lowest BCUT2D eigenvalue weighted by atomic mass is 10.1. The molecule has 0 aliphatic rings. The third kappa shape index (κ3) is 2.93. The first kappa shape index (κ1) is 15.6. The number of rotatable bonds is 6. The molecule has 1 atom stereocenters. The van der Waals surface area contributed by atoms with Crippen molar-refractivity contribution in [3.8, 4) is 6.07 Å². The van der Waals surface area contributed by atoms with Crippen LogP contribution in [0.4, 0.5) is 5.69 Å². The fraction of sp³-hybridized carbons (Fsp3) is 0.583. The predicted molar refractivity (Wildman–Crippen MR) is 68.9 cm³/mol. The molecular weight excluding hydrogens is 264 g/mol. The Morgan fingerprint density at radius 1 is 1.60 bits per heavy atom. The van der Waals surface area contributed by atoms with Crippen LogP contribution < -0.4 is 0 Å². The van der Waals surface area contributed by atoms with Crippen LogP contribution in [0.1, 0.15) is 37.6 Å². The summed E-state index contributed by atoms with van der Waals surface area (Å²) in [6.45, 7) is 5.45. The third-order valence-corrected chi connectivity index (χ3v) is 2.68. The van der Waals surface area contributed by atoms with Gasteiger partial charge in [-0.3, -0.25) is 19.6 Å². The molecule has 0 saturated heterocycles. The lowest BCUT2D eigenvalue weighted by Gasteiger charge is -2.10. The first-order chi connectivity index (χ1) is 9.47. The molecule has 0 aliphatic heterocycles. The molecule has 108 valence electrons. The smallest absolute Gasteiger partial charge is 0.329 e. The van der Waals surface area contributed by atoms with Gasteiger partial charge < -0.3 is 4.74 Å². The standard InChI is InChI=1S/C12H16N4O4/c1-4-6-15-11(9(7-13)12(17)20-5-2)10(16(18)19)8(3)14-15/h9H,4-6H2,1-3H3. The fourth-order valence-corrected chi connectivity index (χ4v) is 1.93. The fourth-order valence-electron chi connectivity index (χ4n) is 1.93. The van der Waals surface area contributed by atoms with Crippen LogP contribution in [0.2, 0.25) is 0 Å². The van der Waals surface area contributed by atoms with Crippen molar-refractivity contribution >= 4 is 11.7 Å². The summed E-state index contributed by atoms with van der Waals surface area (Å²) in [5.74, 6) is -2.14. The van der Waals surface area contributed by atoms with E-state index in [9.17, 15) is 20.2 Å². The number of nitro groups is 1. The summed E-state index contributed by atoms with van der Waals surface area (Å²) in [6, 6.07) is 1.77. The summed E-state index contributed by atoms with van der Waals surface area (Å²) in [5, 5.41) is 24.4. The van der Waals surface area contributed by atoms with E-state index >= 15 is 0 Å². The second-order valence-electron chi connectivity index (χ2n) is 4.11. The molecule has 1 aromatic heterocycles. The number of aromatic nitrogens is 2. The quantitative estimate of drug-likeness (QED) is 0.445. The zero-order chi connectivity index (χ0) is 15.3. The van der Waals surface area contributed by atoms with Crippen molar-refractivity contribution in [2.24, 2.45) is 0 Å². The number of ether oxygens (including phenoxy) is 1. The van der Waals surface area contributed by atoms with Gasteiger partial charge in [0.15, 0.2) is 5.92 Å². The summed E-state index contributed by atoms with van der Waals surface area (Å²) < 4.78 is 6.15. The first-order valence-corrected chi connectivity index (χ1v) is 6.25. The summed E-state index contributed by atoms with van der Waals surface area (Å²) in [7, 11) is 0. The predicted octanol–water partition coefficient (Wildman–Crippen LogP) is 1.68. The van der Waals surface area contributed by atoms with Gasteiger partial charge in [-0.15, -0.1) is 0 Å². The number of hydrogen-bond donors (Lipinski definition) is 0. The Kier molecular flexibility index (Phi) is 5.20. The zero-order valence-corrected chi connectivity index (χ0v) is 11.6.